The molecule has 1 aliphatic rings. The monoisotopic (exact) mass is 273 g/mol. The Labute approximate surface area is 118 Å². The summed E-state index contributed by atoms with van der Waals surface area (Å²) >= 11 is 5.33. The molecule has 1 heterocycles. The topological polar surface area (TPSA) is 33.6 Å². The molecule has 4 heteroatoms. The summed E-state index contributed by atoms with van der Waals surface area (Å²) in [4.78, 5) is 0. The van der Waals surface area contributed by atoms with Gasteiger partial charge in [0, 0.05) is 12.5 Å². The van der Waals surface area contributed by atoms with Crippen molar-refractivity contribution in [3.8, 4) is 0 Å². The van der Waals surface area contributed by atoms with Gasteiger partial charge in [-0.15, -0.1) is 0 Å². The molecule has 0 radical (unpaired) electrons. The van der Waals surface area contributed by atoms with Crippen LogP contribution in [0.2, 0.25) is 0 Å². The van der Waals surface area contributed by atoms with Gasteiger partial charge in [0.15, 0.2) is 4.77 Å². The SMILES string of the molecule is CC(CCn1c(C2CC2)n[nH]c1=S)c1ccccc1. The summed E-state index contributed by atoms with van der Waals surface area (Å²) < 4.78 is 2.95. The van der Waals surface area contributed by atoms with Crippen LogP contribution in [0.5, 0.6) is 0 Å². The number of rotatable bonds is 5. The highest BCUT2D eigenvalue weighted by molar-refractivity contribution is 7.71. The van der Waals surface area contributed by atoms with Crippen molar-refractivity contribution in [1.82, 2.24) is 14.8 Å². The van der Waals surface area contributed by atoms with E-state index in [0.717, 1.165) is 23.6 Å². The Kier molecular flexibility index (Phi) is 3.51. The average Bonchev–Trinajstić information content (AvgIpc) is 3.22. The highest BCUT2D eigenvalue weighted by Gasteiger charge is 2.28. The van der Waals surface area contributed by atoms with E-state index in [4.69, 9.17) is 12.2 Å². The van der Waals surface area contributed by atoms with Gasteiger partial charge in [0.05, 0.1) is 0 Å². The van der Waals surface area contributed by atoms with Crippen molar-refractivity contribution < 1.29 is 0 Å². The first-order chi connectivity index (χ1) is 9.25. The van der Waals surface area contributed by atoms with E-state index in [2.05, 4.69) is 52.0 Å². The standard InChI is InChI=1S/C15H19N3S/c1-11(12-5-3-2-4-6-12)9-10-18-14(13-7-8-13)16-17-15(18)19/h2-6,11,13H,7-10H2,1H3,(H,17,19). The Morgan fingerprint density at radius 1 is 1.37 bits per heavy atom. The largest absolute Gasteiger partial charge is 0.304 e. The van der Waals surface area contributed by atoms with Crippen molar-refractivity contribution in [3.05, 3.63) is 46.5 Å². The van der Waals surface area contributed by atoms with Gasteiger partial charge < -0.3 is 4.57 Å². The minimum absolute atomic E-state index is 0.546. The maximum atomic E-state index is 5.33. The molecule has 1 aromatic heterocycles. The van der Waals surface area contributed by atoms with Crippen LogP contribution in [0, 0.1) is 4.77 Å². The predicted molar refractivity (Wildman–Crippen MR) is 78.9 cm³/mol. The average molecular weight is 273 g/mol. The van der Waals surface area contributed by atoms with E-state index in [1.54, 1.807) is 0 Å². The van der Waals surface area contributed by atoms with Crippen molar-refractivity contribution in [3.63, 3.8) is 0 Å². The molecule has 100 valence electrons. The fourth-order valence-electron chi connectivity index (χ4n) is 2.47. The van der Waals surface area contributed by atoms with E-state index in [0.29, 0.717) is 11.8 Å². The second kappa shape index (κ2) is 5.29. The number of H-pyrrole nitrogens is 1. The summed E-state index contributed by atoms with van der Waals surface area (Å²) in [6, 6.07) is 10.7. The molecule has 1 atom stereocenters. The number of hydrogen-bond donors (Lipinski definition) is 1. The molecular formula is C15H19N3S. The van der Waals surface area contributed by atoms with Crippen LogP contribution in [0.15, 0.2) is 30.3 Å². The van der Waals surface area contributed by atoms with Gasteiger partial charge >= 0.3 is 0 Å². The Morgan fingerprint density at radius 2 is 2.11 bits per heavy atom. The molecular weight excluding hydrogens is 254 g/mol. The third-order valence-corrected chi connectivity index (χ3v) is 4.20. The molecule has 1 aromatic carbocycles. The number of aromatic nitrogens is 3. The maximum absolute atomic E-state index is 5.33. The van der Waals surface area contributed by atoms with E-state index in [1.165, 1.54) is 18.4 Å². The Hall–Kier alpha value is -1.42. The van der Waals surface area contributed by atoms with Gasteiger partial charge in [-0.05, 0) is 43.0 Å². The third kappa shape index (κ3) is 2.78. The van der Waals surface area contributed by atoms with Crippen molar-refractivity contribution >= 4 is 12.2 Å². The Balaban J connectivity index is 1.69. The molecule has 1 saturated carbocycles. The van der Waals surface area contributed by atoms with Gasteiger partial charge in [-0.1, -0.05) is 37.3 Å². The number of benzene rings is 1. The Bertz CT molecular complexity index is 595. The number of hydrogen-bond acceptors (Lipinski definition) is 2. The fourth-order valence-corrected chi connectivity index (χ4v) is 2.70. The third-order valence-electron chi connectivity index (χ3n) is 3.88. The van der Waals surface area contributed by atoms with Gasteiger partial charge in [-0.2, -0.15) is 5.10 Å². The highest BCUT2D eigenvalue weighted by atomic mass is 32.1. The molecule has 0 aliphatic heterocycles. The smallest absolute Gasteiger partial charge is 0.195 e. The first-order valence-electron chi connectivity index (χ1n) is 6.95. The van der Waals surface area contributed by atoms with E-state index < -0.39 is 0 Å². The van der Waals surface area contributed by atoms with Gasteiger partial charge in [0.1, 0.15) is 5.82 Å². The van der Waals surface area contributed by atoms with Crippen molar-refractivity contribution in [2.75, 3.05) is 0 Å². The van der Waals surface area contributed by atoms with Crippen LogP contribution in [-0.2, 0) is 6.54 Å². The molecule has 0 spiro atoms. The minimum Gasteiger partial charge on any atom is -0.304 e. The van der Waals surface area contributed by atoms with Crippen LogP contribution in [0.1, 0.15) is 49.4 Å². The second-order valence-electron chi connectivity index (χ2n) is 5.41. The molecule has 3 rings (SSSR count). The molecule has 1 fully saturated rings. The quantitative estimate of drug-likeness (QED) is 0.835. The van der Waals surface area contributed by atoms with E-state index >= 15 is 0 Å². The highest BCUT2D eigenvalue weighted by Crippen LogP contribution is 2.39. The second-order valence-corrected chi connectivity index (χ2v) is 5.80. The van der Waals surface area contributed by atoms with Crippen LogP contribution in [0.25, 0.3) is 0 Å². The summed E-state index contributed by atoms with van der Waals surface area (Å²) in [5, 5.41) is 7.31. The summed E-state index contributed by atoms with van der Waals surface area (Å²) in [7, 11) is 0. The molecule has 1 aliphatic carbocycles. The number of aromatic amines is 1. The maximum Gasteiger partial charge on any atom is 0.195 e. The molecule has 1 N–H and O–H groups in total. The van der Waals surface area contributed by atoms with Crippen LogP contribution >= 0.6 is 12.2 Å². The summed E-state index contributed by atoms with van der Waals surface area (Å²) in [5.41, 5.74) is 1.39. The first kappa shape index (κ1) is 12.6. The lowest BCUT2D eigenvalue weighted by Crippen LogP contribution is -2.06. The lowest BCUT2D eigenvalue weighted by atomic mass is 9.98. The fraction of sp³-hybridized carbons (Fsp3) is 0.467. The molecule has 1 unspecified atom stereocenters. The zero-order chi connectivity index (χ0) is 13.2. The van der Waals surface area contributed by atoms with Crippen LogP contribution in [-0.4, -0.2) is 14.8 Å². The van der Waals surface area contributed by atoms with Gasteiger partial charge in [-0.25, -0.2) is 0 Å². The van der Waals surface area contributed by atoms with E-state index in [-0.39, 0.29) is 0 Å². The normalized spacial score (nSPS) is 16.5. The zero-order valence-corrected chi connectivity index (χ0v) is 12.0. The molecule has 3 nitrogen and oxygen atoms in total. The van der Waals surface area contributed by atoms with Gasteiger partial charge in [-0.3, -0.25) is 5.10 Å². The number of nitrogens with zero attached hydrogens (tertiary/aromatic N) is 2. The minimum atomic E-state index is 0.546. The number of nitrogens with one attached hydrogen (secondary N) is 1. The van der Waals surface area contributed by atoms with Crippen molar-refractivity contribution in [1.29, 1.82) is 0 Å². The molecule has 19 heavy (non-hydrogen) atoms. The summed E-state index contributed by atoms with van der Waals surface area (Å²) in [6.45, 7) is 3.23. The summed E-state index contributed by atoms with van der Waals surface area (Å²) in [6.07, 6.45) is 3.61. The van der Waals surface area contributed by atoms with Crippen LogP contribution < -0.4 is 0 Å². The van der Waals surface area contributed by atoms with E-state index in [1.807, 2.05) is 0 Å². The van der Waals surface area contributed by atoms with E-state index in [9.17, 15) is 0 Å². The van der Waals surface area contributed by atoms with Crippen molar-refractivity contribution in [2.24, 2.45) is 0 Å². The predicted octanol–water partition coefficient (Wildman–Crippen LogP) is 4.01. The molecule has 2 aromatic rings. The summed E-state index contributed by atoms with van der Waals surface area (Å²) in [5.74, 6) is 2.34. The van der Waals surface area contributed by atoms with Crippen molar-refractivity contribution in [2.45, 2.75) is 44.6 Å². The molecule has 0 amide bonds. The Morgan fingerprint density at radius 3 is 2.79 bits per heavy atom. The van der Waals surface area contributed by atoms with Crippen LogP contribution in [0.4, 0.5) is 0 Å². The van der Waals surface area contributed by atoms with Gasteiger partial charge in [0.25, 0.3) is 0 Å². The lowest BCUT2D eigenvalue weighted by molar-refractivity contribution is 0.553. The molecule has 0 bridgehead atoms. The first-order valence-corrected chi connectivity index (χ1v) is 7.36. The van der Waals surface area contributed by atoms with Crippen LogP contribution in [0.3, 0.4) is 0 Å². The van der Waals surface area contributed by atoms with Gasteiger partial charge in [0.2, 0.25) is 0 Å². The molecule has 0 saturated heterocycles. The lowest BCUT2D eigenvalue weighted by Gasteiger charge is -2.13. The zero-order valence-electron chi connectivity index (χ0n) is 11.2.